The molecular weight excluding hydrogens is 467 g/mol. The molecule has 0 fully saturated rings. The summed E-state index contributed by atoms with van der Waals surface area (Å²) in [5, 5.41) is 10.6. The molecule has 0 atom stereocenters. The lowest BCUT2D eigenvalue weighted by molar-refractivity contribution is -0.114. The fourth-order valence-corrected chi connectivity index (χ4v) is 4.16. The molecule has 0 bridgehead atoms. The molecule has 1 N–H and O–H groups in total. The molecule has 0 aromatic heterocycles. The van der Waals surface area contributed by atoms with E-state index in [-0.39, 0.29) is 34.0 Å². The van der Waals surface area contributed by atoms with E-state index in [0.29, 0.717) is 5.56 Å². The minimum absolute atomic E-state index is 0.104. The molecule has 0 unspecified atom stereocenters. The SMILES string of the molecule is CCN(CC)C1=CC(=O)/C(=C2\C(=O)C(c3ccc(N(C)C)cc3I)=C2O)C=C1. The largest absolute Gasteiger partial charge is 0.506 e. The summed E-state index contributed by atoms with van der Waals surface area (Å²) in [4.78, 5) is 29.4. The highest BCUT2D eigenvalue weighted by Crippen LogP contribution is 2.41. The molecule has 1 aromatic rings. The normalized spacial score (nSPS) is 19.0. The van der Waals surface area contributed by atoms with Crippen molar-refractivity contribution in [1.29, 1.82) is 0 Å². The van der Waals surface area contributed by atoms with Gasteiger partial charge in [-0.2, -0.15) is 0 Å². The predicted molar refractivity (Wildman–Crippen MR) is 120 cm³/mol. The van der Waals surface area contributed by atoms with Crippen LogP contribution in [-0.4, -0.2) is 48.8 Å². The number of hydrogen-bond acceptors (Lipinski definition) is 5. The zero-order chi connectivity index (χ0) is 20.6. The van der Waals surface area contributed by atoms with Gasteiger partial charge in [-0.3, -0.25) is 9.59 Å². The molecule has 0 amide bonds. The summed E-state index contributed by atoms with van der Waals surface area (Å²) in [6.45, 7) is 5.63. The second-order valence-corrected chi connectivity index (χ2v) is 8.00. The predicted octanol–water partition coefficient (Wildman–Crippen LogP) is 3.87. The maximum absolute atomic E-state index is 12.8. The standard InChI is InChI=1S/C22H23IN2O3/c1-5-25(6-2)14-8-10-16(18(26)12-14)20-21(27)19(22(20)28)15-9-7-13(24(3)4)11-17(15)23/h7-12,27H,5-6H2,1-4H3/b20-16-. The van der Waals surface area contributed by atoms with Crippen LogP contribution in [0.4, 0.5) is 5.69 Å². The highest BCUT2D eigenvalue weighted by Gasteiger charge is 2.39. The van der Waals surface area contributed by atoms with Crippen molar-refractivity contribution in [1.82, 2.24) is 4.90 Å². The van der Waals surface area contributed by atoms with E-state index >= 15 is 0 Å². The van der Waals surface area contributed by atoms with E-state index < -0.39 is 0 Å². The molecule has 0 spiro atoms. The van der Waals surface area contributed by atoms with Gasteiger partial charge in [0.1, 0.15) is 5.76 Å². The van der Waals surface area contributed by atoms with E-state index in [1.165, 1.54) is 6.08 Å². The first kappa shape index (κ1) is 20.4. The first-order chi connectivity index (χ1) is 13.3. The van der Waals surface area contributed by atoms with Crippen LogP contribution < -0.4 is 4.90 Å². The number of ketones is 2. The van der Waals surface area contributed by atoms with E-state index in [4.69, 9.17) is 0 Å². The molecule has 6 heteroatoms. The number of likely N-dealkylation sites (N-methyl/N-ethyl adjacent to an activating group) is 1. The van der Waals surface area contributed by atoms with Crippen molar-refractivity contribution in [3.05, 3.63) is 68.2 Å². The van der Waals surface area contributed by atoms with Gasteiger partial charge in [0, 0.05) is 59.4 Å². The Hall–Kier alpha value is -2.35. The Balaban J connectivity index is 1.98. The maximum Gasteiger partial charge on any atom is 0.201 e. The summed E-state index contributed by atoms with van der Waals surface area (Å²) in [7, 11) is 3.89. The fourth-order valence-electron chi connectivity index (χ4n) is 3.39. The van der Waals surface area contributed by atoms with Gasteiger partial charge in [0.05, 0.1) is 11.1 Å². The molecule has 0 radical (unpaired) electrons. The van der Waals surface area contributed by atoms with Gasteiger partial charge in [0.2, 0.25) is 5.78 Å². The van der Waals surface area contributed by atoms with E-state index in [1.807, 2.05) is 57.1 Å². The van der Waals surface area contributed by atoms with Crippen LogP contribution in [0.3, 0.4) is 0 Å². The molecule has 5 nitrogen and oxygen atoms in total. The topological polar surface area (TPSA) is 60.9 Å². The fraction of sp³-hybridized carbons (Fsp3) is 0.273. The van der Waals surface area contributed by atoms with Gasteiger partial charge >= 0.3 is 0 Å². The number of allylic oxidation sites excluding steroid dienone is 6. The van der Waals surface area contributed by atoms with Crippen LogP contribution in [0.15, 0.2) is 59.0 Å². The van der Waals surface area contributed by atoms with Crippen molar-refractivity contribution in [3.63, 3.8) is 0 Å². The van der Waals surface area contributed by atoms with Crippen molar-refractivity contribution in [2.24, 2.45) is 0 Å². The van der Waals surface area contributed by atoms with Crippen molar-refractivity contribution >= 4 is 45.4 Å². The smallest absolute Gasteiger partial charge is 0.201 e. The molecule has 2 aliphatic carbocycles. The Morgan fingerprint density at radius 1 is 1.04 bits per heavy atom. The number of nitrogens with zero attached hydrogens (tertiary/aromatic N) is 2. The Bertz CT molecular complexity index is 979. The summed E-state index contributed by atoms with van der Waals surface area (Å²) < 4.78 is 0.872. The van der Waals surface area contributed by atoms with Crippen molar-refractivity contribution in [2.75, 3.05) is 32.1 Å². The highest BCUT2D eigenvalue weighted by molar-refractivity contribution is 14.1. The molecule has 3 rings (SSSR count). The number of rotatable bonds is 5. The van der Waals surface area contributed by atoms with Gasteiger partial charge in [0.25, 0.3) is 0 Å². The molecule has 2 aliphatic rings. The van der Waals surface area contributed by atoms with Crippen LogP contribution in [0.5, 0.6) is 0 Å². The minimum atomic E-state index is -0.291. The summed E-state index contributed by atoms with van der Waals surface area (Å²) in [6.07, 6.45) is 4.99. The summed E-state index contributed by atoms with van der Waals surface area (Å²) in [5.41, 5.74) is 3.16. The van der Waals surface area contributed by atoms with Crippen LogP contribution in [0.1, 0.15) is 19.4 Å². The minimum Gasteiger partial charge on any atom is -0.506 e. The van der Waals surface area contributed by atoms with Crippen molar-refractivity contribution in [2.45, 2.75) is 13.8 Å². The third-order valence-corrected chi connectivity index (χ3v) is 5.92. The lowest BCUT2D eigenvalue weighted by Gasteiger charge is -2.27. The molecular formula is C22H23IN2O3. The van der Waals surface area contributed by atoms with E-state index in [9.17, 15) is 14.7 Å². The number of carbonyl (C=O) groups excluding carboxylic acids is 2. The number of carbonyl (C=O) groups is 2. The molecule has 0 aliphatic heterocycles. The molecule has 0 saturated heterocycles. The van der Waals surface area contributed by atoms with Crippen LogP contribution >= 0.6 is 22.6 Å². The highest BCUT2D eigenvalue weighted by atomic mass is 127. The lowest BCUT2D eigenvalue weighted by atomic mass is 9.79. The van der Waals surface area contributed by atoms with Gasteiger partial charge in [0.15, 0.2) is 5.78 Å². The molecule has 146 valence electrons. The first-order valence-corrected chi connectivity index (χ1v) is 10.3. The molecule has 28 heavy (non-hydrogen) atoms. The summed E-state index contributed by atoms with van der Waals surface area (Å²) in [5.74, 6) is -0.648. The van der Waals surface area contributed by atoms with Crippen LogP contribution in [0.25, 0.3) is 5.57 Å². The van der Waals surface area contributed by atoms with Gasteiger partial charge in [-0.1, -0.05) is 6.07 Å². The summed E-state index contributed by atoms with van der Waals surface area (Å²) >= 11 is 2.16. The molecule has 0 heterocycles. The van der Waals surface area contributed by atoms with Gasteiger partial charge in [-0.15, -0.1) is 0 Å². The van der Waals surface area contributed by atoms with Crippen LogP contribution in [0.2, 0.25) is 0 Å². The van der Waals surface area contributed by atoms with Gasteiger partial charge < -0.3 is 14.9 Å². The maximum atomic E-state index is 12.8. The lowest BCUT2D eigenvalue weighted by Crippen LogP contribution is -2.27. The second-order valence-electron chi connectivity index (χ2n) is 6.84. The first-order valence-electron chi connectivity index (χ1n) is 9.19. The van der Waals surface area contributed by atoms with E-state index in [1.54, 1.807) is 6.08 Å². The number of benzene rings is 1. The molecule has 1 aromatic carbocycles. The average Bonchev–Trinajstić information content (AvgIpc) is 2.66. The number of aliphatic hydroxyl groups is 1. The second kappa shape index (κ2) is 7.95. The third kappa shape index (κ3) is 3.41. The Kier molecular flexibility index (Phi) is 5.79. The quantitative estimate of drug-likeness (QED) is 0.502. The number of anilines is 1. The molecule has 0 saturated carbocycles. The van der Waals surface area contributed by atoms with Crippen molar-refractivity contribution in [3.8, 4) is 0 Å². The number of Topliss-reactive ketones (excluding diaryl/α,β-unsaturated/α-hetero) is 1. The zero-order valence-electron chi connectivity index (χ0n) is 16.4. The summed E-state index contributed by atoms with van der Waals surface area (Å²) in [6, 6.07) is 5.69. The van der Waals surface area contributed by atoms with Gasteiger partial charge in [-0.25, -0.2) is 0 Å². The van der Waals surface area contributed by atoms with Crippen molar-refractivity contribution < 1.29 is 14.7 Å². The number of halogens is 1. The number of hydrogen-bond donors (Lipinski definition) is 1. The van der Waals surface area contributed by atoms with Crippen LogP contribution in [-0.2, 0) is 9.59 Å². The zero-order valence-corrected chi connectivity index (χ0v) is 18.6. The Labute approximate surface area is 178 Å². The monoisotopic (exact) mass is 490 g/mol. The van der Waals surface area contributed by atoms with E-state index in [2.05, 4.69) is 27.5 Å². The Morgan fingerprint density at radius 3 is 2.21 bits per heavy atom. The Morgan fingerprint density at radius 2 is 1.71 bits per heavy atom. The third-order valence-electron chi connectivity index (χ3n) is 5.03. The number of aliphatic hydroxyl groups excluding tert-OH is 1. The van der Waals surface area contributed by atoms with Gasteiger partial charge in [-0.05, 0) is 60.7 Å². The average molecular weight is 490 g/mol. The van der Waals surface area contributed by atoms with E-state index in [0.717, 1.165) is 28.0 Å². The van der Waals surface area contributed by atoms with Crippen LogP contribution in [0, 0.1) is 3.57 Å².